The third-order valence-electron chi connectivity index (χ3n) is 4.31. The quantitative estimate of drug-likeness (QED) is 0.701. The lowest BCUT2D eigenvalue weighted by molar-refractivity contribution is 0.0328. The number of nitrogens with zero attached hydrogens (tertiary/aromatic N) is 5. The van der Waals surface area contributed by atoms with Gasteiger partial charge in [-0.3, -0.25) is 4.90 Å². The lowest BCUT2D eigenvalue weighted by Crippen LogP contribution is -2.36. The first kappa shape index (κ1) is 15.1. The van der Waals surface area contributed by atoms with Crippen LogP contribution in [0.5, 0.6) is 11.5 Å². The molecule has 2 aromatic heterocycles. The Bertz CT molecular complexity index is 902. The van der Waals surface area contributed by atoms with Crippen LogP contribution in [0.25, 0.3) is 15.5 Å². The summed E-state index contributed by atoms with van der Waals surface area (Å²) in [7, 11) is 0. The second-order valence-corrected chi connectivity index (χ2v) is 6.92. The van der Waals surface area contributed by atoms with E-state index in [4.69, 9.17) is 19.3 Å². The first-order valence-electron chi connectivity index (χ1n) is 8.28. The zero-order valence-corrected chi connectivity index (χ0v) is 14.4. The summed E-state index contributed by atoms with van der Waals surface area (Å²) < 4.78 is 18.5. The second-order valence-electron chi connectivity index (χ2n) is 5.96. The third kappa shape index (κ3) is 2.84. The zero-order chi connectivity index (χ0) is 16.6. The standard InChI is InChI=1S/C16H17N5O3S/c1-2-12-13(24-8-7-23-12)9-11(1)15-19-21-14(17-18-16(21)25-15)10-20-3-5-22-6-4-20/h1-2,9H,3-8,10H2. The molecular formula is C16H17N5O3S. The lowest BCUT2D eigenvalue weighted by Gasteiger charge is -2.25. The van der Waals surface area contributed by atoms with E-state index in [-0.39, 0.29) is 0 Å². The van der Waals surface area contributed by atoms with Crippen LogP contribution in [0.3, 0.4) is 0 Å². The van der Waals surface area contributed by atoms with Crippen LogP contribution >= 0.6 is 11.3 Å². The molecule has 0 radical (unpaired) electrons. The predicted octanol–water partition coefficient (Wildman–Crippen LogP) is 1.46. The summed E-state index contributed by atoms with van der Waals surface area (Å²) in [5.74, 6) is 2.41. The van der Waals surface area contributed by atoms with Crippen LogP contribution in [-0.2, 0) is 11.3 Å². The molecule has 0 spiro atoms. The molecule has 9 heteroatoms. The van der Waals surface area contributed by atoms with Gasteiger partial charge in [0.05, 0.1) is 19.8 Å². The van der Waals surface area contributed by atoms with Crippen molar-refractivity contribution in [2.75, 3.05) is 39.5 Å². The lowest BCUT2D eigenvalue weighted by atomic mass is 10.2. The van der Waals surface area contributed by atoms with Crippen molar-refractivity contribution in [2.24, 2.45) is 0 Å². The molecule has 2 aliphatic heterocycles. The molecule has 3 aromatic rings. The number of ether oxygens (including phenoxy) is 3. The maximum absolute atomic E-state index is 5.66. The third-order valence-corrected chi connectivity index (χ3v) is 5.26. The van der Waals surface area contributed by atoms with Crippen molar-refractivity contribution in [3.8, 4) is 22.1 Å². The topological polar surface area (TPSA) is 74.0 Å². The van der Waals surface area contributed by atoms with Crippen LogP contribution in [0.4, 0.5) is 0 Å². The fourth-order valence-corrected chi connectivity index (χ4v) is 3.86. The first-order chi connectivity index (χ1) is 12.4. The molecule has 2 aliphatic rings. The summed E-state index contributed by atoms with van der Waals surface area (Å²) in [6.45, 7) is 5.25. The molecule has 25 heavy (non-hydrogen) atoms. The van der Waals surface area contributed by atoms with Gasteiger partial charge in [0.25, 0.3) is 0 Å². The van der Waals surface area contributed by atoms with Crippen molar-refractivity contribution in [3.05, 3.63) is 24.0 Å². The van der Waals surface area contributed by atoms with Gasteiger partial charge < -0.3 is 14.2 Å². The van der Waals surface area contributed by atoms with Crippen LogP contribution in [-0.4, -0.2) is 64.2 Å². The molecule has 1 aromatic carbocycles. The number of fused-ring (bicyclic) bond motifs is 2. The molecule has 130 valence electrons. The average molecular weight is 359 g/mol. The van der Waals surface area contributed by atoms with Crippen LogP contribution in [0.1, 0.15) is 5.82 Å². The van der Waals surface area contributed by atoms with Gasteiger partial charge in [-0.1, -0.05) is 11.3 Å². The van der Waals surface area contributed by atoms with Gasteiger partial charge in [0.2, 0.25) is 4.96 Å². The Labute approximate surface area is 147 Å². The Morgan fingerprint density at radius 3 is 2.72 bits per heavy atom. The largest absolute Gasteiger partial charge is 0.486 e. The fraction of sp³-hybridized carbons (Fsp3) is 0.438. The number of morpholine rings is 1. The van der Waals surface area contributed by atoms with E-state index in [1.54, 1.807) is 0 Å². The van der Waals surface area contributed by atoms with Gasteiger partial charge in [0.15, 0.2) is 17.3 Å². The van der Waals surface area contributed by atoms with Crippen molar-refractivity contribution in [1.82, 2.24) is 24.7 Å². The fourth-order valence-electron chi connectivity index (χ4n) is 3.01. The maximum atomic E-state index is 5.66. The van der Waals surface area contributed by atoms with Crippen LogP contribution in [0.15, 0.2) is 18.2 Å². The van der Waals surface area contributed by atoms with Gasteiger partial charge in [-0.15, -0.1) is 10.2 Å². The van der Waals surface area contributed by atoms with Gasteiger partial charge in [0.1, 0.15) is 18.2 Å². The normalized spacial score (nSPS) is 17.9. The Kier molecular flexibility index (Phi) is 3.76. The molecule has 0 unspecified atom stereocenters. The molecule has 5 rings (SSSR count). The molecule has 0 aliphatic carbocycles. The first-order valence-corrected chi connectivity index (χ1v) is 9.10. The van der Waals surface area contributed by atoms with Crippen molar-refractivity contribution >= 4 is 16.3 Å². The smallest absolute Gasteiger partial charge is 0.235 e. The Morgan fingerprint density at radius 1 is 1.00 bits per heavy atom. The van der Waals surface area contributed by atoms with Crippen molar-refractivity contribution in [3.63, 3.8) is 0 Å². The summed E-state index contributed by atoms with van der Waals surface area (Å²) in [5, 5.41) is 14.2. The van der Waals surface area contributed by atoms with E-state index < -0.39 is 0 Å². The molecule has 8 nitrogen and oxygen atoms in total. The Morgan fingerprint density at radius 2 is 1.84 bits per heavy atom. The van der Waals surface area contributed by atoms with Crippen LogP contribution in [0.2, 0.25) is 0 Å². The molecule has 0 N–H and O–H groups in total. The van der Waals surface area contributed by atoms with E-state index in [1.807, 2.05) is 22.7 Å². The van der Waals surface area contributed by atoms with Gasteiger partial charge >= 0.3 is 0 Å². The Hall–Kier alpha value is -2.23. The second kappa shape index (κ2) is 6.25. The molecule has 0 bridgehead atoms. The summed E-state index contributed by atoms with van der Waals surface area (Å²) in [6.07, 6.45) is 0. The summed E-state index contributed by atoms with van der Waals surface area (Å²) in [5.41, 5.74) is 0.997. The van der Waals surface area contributed by atoms with E-state index in [9.17, 15) is 0 Å². The van der Waals surface area contributed by atoms with Crippen LogP contribution in [0, 0.1) is 0 Å². The summed E-state index contributed by atoms with van der Waals surface area (Å²) in [4.78, 5) is 3.11. The van der Waals surface area contributed by atoms with Crippen molar-refractivity contribution in [2.45, 2.75) is 6.54 Å². The maximum Gasteiger partial charge on any atom is 0.235 e. The predicted molar refractivity (Wildman–Crippen MR) is 91.2 cm³/mol. The van der Waals surface area contributed by atoms with Gasteiger partial charge in [-0.25, -0.2) is 0 Å². The monoisotopic (exact) mass is 359 g/mol. The zero-order valence-electron chi connectivity index (χ0n) is 13.6. The molecule has 1 saturated heterocycles. The van der Waals surface area contributed by atoms with E-state index in [1.165, 1.54) is 11.3 Å². The molecule has 4 heterocycles. The minimum Gasteiger partial charge on any atom is -0.486 e. The van der Waals surface area contributed by atoms with Gasteiger partial charge in [-0.2, -0.15) is 9.61 Å². The highest BCUT2D eigenvalue weighted by atomic mass is 32.1. The Balaban J connectivity index is 1.44. The molecule has 0 saturated carbocycles. The highest BCUT2D eigenvalue weighted by molar-refractivity contribution is 7.19. The average Bonchev–Trinajstić information content (AvgIpc) is 3.24. The van der Waals surface area contributed by atoms with E-state index in [2.05, 4.69) is 15.1 Å². The number of rotatable bonds is 3. The highest BCUT2D eigenvalue weighted by Crippen LogP contribution is 2.35. The highest BCUT2D eigenvalue weighted by Gasteiger charge is 2.19. The van der Waals surface area contributed by atoms with E-state index in [0.717, 1.165) is 65.7 Å². The van der Waals surface area contributed by atoms with Crippen LogP contribution < -0.4 is 9.47 Å². The van der Waals surface area contributed by atoms with Gasteiger partial charge in [0, 0.05) is 18.7 Å². The molecule has 0 amide bonds. The molecular weight excluding hydrogens is 342 g/mol. The van der Waals surface area contributed by atoms with Crippen molar-refractivity contribution < 1.29 is 14.2 Å². The summed E-state index contributed by atoms with van der Waals surface area (Å²) in [6, 6.07) is 5.91. The van der Waals surface area contributed by atoms with Crippen molar-refractivity contribution in [1.29, 1.82) is 0 Å². The number of benzene rings is 1. The minimum atomic E-state index is 0.575. The molecule has 0 atom stereocenters. The number of aromatic nitrogens is 4. The SMILES string of the molecule is c1cc2c(cc1-c1nn3c(CN4CCOCC4)nnc3s1)OCCO2. The molecule has 1 fully saturated rings. The van der Waals surface area contributed by atoms with Gasteiger partial charge in [-0.05, 0) is 18.2 Å². The van der Waals surface area contributed by atoms with E-state index >= 15 is 0 Å². The summed E-state index contributed by atoms with van der Waals surface area (Å²) >= 11 is 1.52. The minimum absolute atomic E-state index is 0.575. The number of hydrogen-bond acceptors (Lipinski definition) is 8. The van der Waals surface area contributed by atoms with E-state index in [0.29, 0.717) is 13.2 Å². The number of hydrogen-bond donors (Lipinski definition) is 0.